The summed E-state index contributed by atoms with van der Waals surface area (Å²) in [5, 5.41) is 6.37. The van der Waals surface area contributed by atoms with Crippen LogP contribution in [0.1, 0.15) is 25.7 Å². The number of hydrogen-bond acceptors (Lipinski definition) is 4. The number of halogens is 3. The normalized spacial score (nSPS) is 18.2. The van der Waals surface area contributed by atoms with E-state index < -0.39 is 11.6 Å². The second-order valence-electron chi connectivity index (χ2n) is 7.32. The molecule has 2 aromatic rings. The van der Waals surface area contributed by atoms with Gasteiger partial charge in [0.15, 0.2) is 13.2 Å². The van der Waals surface area contributed by atoms with Gasteiger partial charge >= 0.3 is 0 Å². The maximum absolute atomic E-state index is 13.1. The fourth-order valence-corrected chi connectivity index (χ4v) is 3.49. The van der Waals surface area contributed by atoms with E-state index in [0.717, 1.165) is 18.2 Å². The first kappa shape index (κ1) is 22.8. The van der Waals surface area contributed by atoms with Gasteiger partial charge in [-0.15, -0.1) is 0 Å². The first-order valence-electron chi connectivity index (χ1n) is 9.93. The Morgan fingerprint density at radius 3 is 1.74 bits per heavy atom. The second-order valence-corrected chi connectivity index (χ2v) is 7.76. The smallest absolute Gasteiger partial charge is 0.258 e. The van der Waals surface area contributed by atoms with Gasteiger partial charge in [0.1, 0.15) is 23.1 Å². The van der Waals surface area contributed by atoms with E-state index in [1.165, 1.54) is 0 Å². The number of amides is 2. The molecule has 1 aliphatic rings. The van der Waals surface area contributed by atoms with Gasteiger partial charge in [-0.05, 0) is 49.9 Å². The molecule has 0 bridgehead atoms. The van der Waals surface area contributed by atoms with E-state index in [1.54, 1.807) is 24.3 Å². The van der Waals surface area contributed by atoms with Crippen LogP contribution < -0.4 is 20.1 Å². The number of ether oxygens (including phenoxy) is 2. The van der Waals surface area contributed by atoms with Crippen LogP contribution in [0.25, 0.3) is 0 Å². The molecule has 0 heterocycles. The summed E-state index contributed by atoms with van der Waals surface area (Å²) < 4.78 is 36.8. The lowest BCUT2D eigenvalue weighted by atomic mass is 9.91. The molecule has 31 heavy (non-hydrogen) atoms. The van der Waals surface area contributed by atoms with Crippen LogP contribution in [0.3, 0.4) is 0 Å². The van der Waals surface area contributed by atoms with E-state index in [2.05, 4.69) is 10.6 Å². The zero-order valence-corrected chi connectivity index (χ0v) is 17.5. The molecule has 2 aromatic carbocycles. The van der Waals surface area contributed by atoms with E-state index in [0.29, 0.717) is 36.5 Å². The van der Waals surface area contributed by atoms with Gasteiger partial charge in [0.25, 0.3) is 11.8 Å². The lowest BCUT2D eigenvalue weighted by molar-refractivity contribution is -0.125. The molecule has 166 valence electrons. The van der Waals surface area contributed by atoms with Gasteiger partial charge in [-0.1, -0.05) is 11.6 Å². The first-order chi connectivity index (χ1) is 14.9. The molecule has 6 nitrogen and oxygen atoms in total. The lowest BCUT2D eigenvalue weighted by Gasteiger charge is -2.29. The van der Waals surface area contributed by atoms with Gasteiger partial charge in [0.2, 0.25) is 0 Å². The van der Waals surface area contributed by atoms with Gasteiger partial charge in [0, 0.05) is 35.3 Å². The summed E-state index contributed by atoms with van der Waals surface area (Å²) in [6.07, 6.45) is 2.83. The molecular formula is C22H23ClF2N2O4. The average molecular weight is 453 g/mol. The van der Waals surface area contributed by atoms with Crippen LogP contribution in [0.2, 0.25) is 5.02 Å². The highest BCUT2D eigenvalue weighted by molar-refractivity contribution is 6.30. The molecule has 0 radical (unpaired) electrons. The van der Waals surface area contributed by atoms with Crippen molar-refractivity contribution in [2.75, 3.05) is 13.2 Å². The molecule has 1 fully saturated rings. The summed E-state index contributed by atoms with van der Waals surface area (Å²) in [5.41, 5.74) is 0. The number of hydrogen-bond donors (Lipinski definition) is 2. The topological polar surface area (TPSA) is 76.7 Å². The summed E-state index contributed by atoms with van der Waals surface area (Å²) >= 11 is 5.81. The van der Waals surface area contributed by atoms with Crippen LogP contribution in [0.15, 0.2) is 42.5 Å². The van der Waals surface area contributed by atoms with Gasteiger partial charge in [-0.2, -0.15) is 0 Å². The van der Waals surface area contributed by atoms with E-state index in [4.69, 9.17) is 21.1 Å². The summed E-state index contributed by atoms with van der Waals surface area (Å²) in [7, 11) is 0. The van der Waals surface area contributed by atoms with Crippen molar-refractivity contribution >= 4 is 23.4 Å². The Morgan fingerprint density at radius 2 is 1.26 bits per heavy atom. The lowest BCUT2D eigenvalue weighted by Crippen LogP contribution is -2.45. The Bertz CT molecular complexity index is 883. The standard InChI is InChI=1S/C22H23ClF2N2O4/c23-14-1-7-19(8-2-14)30-12-21(28)26-17-3-5-18(6-4-17)27-22(29)13-31-20-10-15(24)9-16(25)11-20/h1-2,7-11,17-18H,3-6,12-13H2,(H,26,28)(H,27,29). The number of carbonyl (C=O) groups excluding carboxylic acids is 2. The summed E-state index contributed by atoms with van der Waals surface area (Å²) in [5.74, 6) is -1.59. The molecule has 0 aliphatic heterocycles. The zero-order chi connectivity index (χ0) is 22.2. The van der Waals surface area contributed by atoms with Crippen molar-refractivity contribution in [3.8, 4) is 11.5 Å². The van der Waals surface area contributed by atoms with Crippen molar-refractivity contribution in [1.82, 2.24) is 10.6 Å². The molecular weight excluding hydrogens is 430 g/mol. The largest absolute Gasteiger partial charge is 0.484 e. The Balaban J connectivity index is 1.32. The van der Waals surface area contributed by atoms with Crippen molar-refractivity contribution in [2.45, 2.75) is 37.8 Å². The number of nitrogens with one attached hydrogen (secondary N) is 2. The number of benzene rings is 2. The van der Waals surface area contributed by atoms with Crippen LogP contribution >= 0.6 is 11.6 Å². The molecule has 0 saturated heterocycles. The average Bonchev–Trinajstić information content (AvgIpc) is 2.73. The maximum Gasteiger partial charge on any atom is 0.258 e. The summed E-state index contributed by atoms with van der Waals surface area (Å²) in [6.45, 7) is -0.419. The molecule has 2 amide bonds. The maximum atomic E-state index is 13.1. The fraction of sp³-hybridized carbons (Fsp3) is 0.364. The summed E-state index contributed by atoms with van der Waals surface area (Å²) in [4.78, 5) is 24.1. The Morgan fingerprint density at radius 1 is 0.806 bits per heavy atom. The van der Waals surface area contributed by atoms with Gasteiger partial charge in [-0.3, -0.25) is 9.59 Å². The molecule has 0 unspecified atom stereocenters. The Labute approximate surface area is 183 Å². The number of carbonyl (C=O) groups is 2. The third-order valence-corrected chi connectivity index (χ3v) is 5.10. The minimum Gasteiger partial charge on any atom is -0.484 e. The minimum atomic E-state index is -0.769. The first-order valence-corrected chi connectivity index (χ1v) is 10.3. The van der Waals surface area contributed by atoms with E-state index in [-0.39, 0.29) is 42.9 Å². The quantitative estimate of drug-likeness (QED) is 0.641. The predicted octanol–water partition coefficient (Wildman–Crippen LogP) is 3.62. The molecule has 2 N–H and O–H groups in total. The molecule has 1 aliphatic carbocycles. The van der Waals surface area contributed by atoms with E-state index >= 15 is 0 Å². The van der Waals surface area contributed by atoms with Gasteiger partial charge in [-0.25, -0.2) is 8.78 Å². The number of rotatable bonds is 8. The van der Waals surface area contributed by atoms with Crippen LogP contribution in [0.4, 0.5) is 8.78 Å². The summed E-state index contributed by atoms with van der Waals surface area (Å²) in [6, 6.07) is 9.49. The van der Waals surface area contributed by atoms with E-state index in [1.807, 2.05) is 0 Å². The molecule has 0 spiro atoms. The monoisotopic (exact) mass is 452 g/mol. The van der Waals surface area contributed by atoms with Crippen molar-refractivity contribution < 1.29 is 27.8 Å². The molecule has 3 rings (SSSR count). The minimum absolute atomic E-state index is 0.0148. The van der Waals surface area contributed by atoms with Gasteiger partial charge in [0.05, 0.1) is 0 Å². The third kappa shape index (κ3) is 7.71. The second kappa shape index (κ2) is 10.9. The highest BCUT2D eigenvalue weighted by Gasteiger charge is 2.23. The van der Waals surface area contributed by atoms with Crippen LogP contribution in [-0.4, -0.2) is 37.1 Å². The third-order valence-electron chi connectivity index (χ3n) is 4.85. The highest BCUT2D eigenvalue weighted by atomic mass is 35.5. The Kier molecular flexibility index (Phi) is 8.06. The van der Waals surface area contributed by atoms with Crippen molar-refractivity contribution in [3.05, 3.63) is 59.1 Å². The zero-order valence-electron chi connectivity index (χ0n) is 16.7. The van der Waals surface area contributed by atoms with Crippen molar-refractivity contribution in [1.29, 1.82) is 0 Å². The SMILES string of the molecule is O=C(COc1ccc(Cl)cc1)NC1CCC(NC(=O)COc2cc(F)cc(F)c2)CC1. The molecule has 0 atom stereocenters. The van der Waals surface area contributed by atoms with Crippen LogP contribution in [-0.2, 0) is 9.59 Å². The Hall–Kier alpha value is -2.87. The van der Waals surface area contributed by atoms with Crippen LogP contribution in [0.5, 0.6) is 11.5 Å². The van der Waals surface area contributed by atoms with Gasteiger partial charge < -0.3 is 20.1 Å². The predicted molar refractivity (Wildman–Crippen MR) is 111 cm³/mol. The molecule has 1 saturated carbocycles. The fourth-order valence-electron chi connectivity index (χ4n) is 3.36. The highest BCUT2D eigenvalue weighted by Crippen LogP contribution is 2.20. The van der Waals surface area contributed by atoms with E-state index in [9.17, 15) is 18.4 Å². The van der Waals surface area contributed by atoms with Crippen molar-refractivity contribution in [3.63, 3.8) is 0 Å². The van der Waals surface area contributed by atoms with Crippen LogP contribution in [0, 0.1) is 11.6 Å². The van der Waals surface area contributed by atoms with Crippen molar-refractivity contribution in [2.24, 2.45) is 0 Å². The molecule has 0 aromatic heterocycles. The molecule has 9 heteroatoms.